The van der Waals surface area contributed by atoms with Gasteiger partial charge in [0.05, 0.1) is 10.4 Å². The van der Waals surface area contributed by atoms with Gasteiger partial charge in [-0.1, -0.05) is 49.7 Å². The highest BCUT2D eigenvalue weighted by molar-refractivity contribution is 7.91. The van der Waals surface area contributed by atoms with Crippen LogP contribution in [0.3, 0.4) is 0 Å². The van der Waals surface area contributed by atoms with E-state index in [2.05, 4.69) is 9.97 Å². The molecule has 2 aromatic carbocycles. The number of pyridine rings is 1. The lowest BCUT2D eigenvalue weighted by molar-refractivity contribution is -0.192. The lowest BCUT2D eigenvalue weighted by Crippen LogP contribution is -2.28. The van der Waals surface area contributed by atoms with Gasteiger partial charge < -0.3 is 20.7 Å². The first-order valence-corrected chi connectivity index (χ1v) is 14.3. The summed E-state index contributed by atoms with van der Waals surface area (Å²) < 4.78 is 58.9. The largest absolute Gasteiger partial charge is 0.490 e. The zero-order valence-electron chi connectivity index (χ0n) is 22.9. The van der Waals surface area contributed by atoms with E-state index < -0.39 is 39.7 Å². The number of alkyl halides is 3. The zero-order valence-corrected chi connectivity index (χ0v) is 24.5. The predicted octanol–water partition coefficient (Wildman–Crippen LogP) is 5.18. The molecule has 0 fully saturated rings. The summed E-state index contributed by atoms with van der Waals surface area (Å²) in [5.41, 5.74) is 6.86. The molecule has 0 saturated carbocycles. The molecule has 43 heavy (non-hydrogen) atoms. The second kappa shape index (κ2) is 12.8. The molecule has 0 spiro atoms. The summed E-state index contributed by atoms with van der Waals surface area (Å²) in [6.45, 7) is 3.65. The van der Waals surface area contributed by atoms with Crippen LogP contribution in [0.4, 0.5) is 13.2 Å². The van der Waals surface area contributed by atoms with E-state index in [4.69, 9.17) is 27.2 Å². The number of carboxylic acids is 1. The maximum Gasteiger partial charge on any atom is 0.490 e. The predicted molar refractivity (Wildman–Crippen MR) is 152 cm³/mol. The standard InChI is InChI=1S/C26H25ClN4O4S.C2HF3O2/c1-15(2)21-22(30-23(25(28)32)24(21)36(34,35)18-9-5-4-6-10-18)26(33)31(3)14-17-12-16-8-7-11-29-20(16)13-19(17)27;3-2(4,5)1(6)7/h4-13,15,30H,14H2,1-3H3,(H2,28,32);(H,6,7). The number of aromatic amines is 1. The molecule has 2 heterocycles. The molecule has 0 saturated heterocycles. The van der Waals surface area contributed by atoms with E-state index in [0.29, 0.717) is 10.6 Å². The average Bonchev–Trinajstić information content (AvgIpc) is 3.36. The quantitative estimate of drug-likeness (QED) is 0.251. The number of halogens is 4. The number of rotatable bonds is 7. The Hall–Kier alpha value is -4.43. The molecule has 2 aromatic heterocycles. The molecule has 2 amide bonds. The summed E-state index contributed by atoms with van der Waals surface area (Å²) in [6.07, 6.45) is -3.41. The monoisotopic (exact) mass is 638 g/mol. The van der Waals surface area contributed by atoms with Crippen LogP contribution in [0, 0.1) is 0 Å². The number of fused-ring (bicyclic) bond motifs is 1. The highest BCUT2D eigenvalue weighted by Gasteiger charge is 2.38. The number of aliphatic carboxylic acids is 1. The van der Waals surface area contributed by atoms with E-state index in [1.165, 1.54) is 17.0 Å². The molecule has 4 N–H and O–H groups in total. The lowest BCUT2D eigenvalue weighted by Gasteiger charge is -2.20. The number of hydrogen-bond donors (Lipinski definition) is 3. The third kappa shape index (κ3) is 7.32. The van der Waals surface area contributed by atoms with Crippen LogP contribution in [0.1, 0.15) is 51.9 Å². The third-order valence-corrected chi connectivity index (χ3v) is 8.32. The van der Waals surface area contributed by atoms with E-state index in [0.717, 1.165) is 10.9 Å². The van der Waals surface area contributed by atoms with Gasteiger partial charge in [0.25, 0.3) is 11.8 Å². The second-order valence-corrected chi connectivity index (χ2v) is 11.9. The number of nitrogens with two attached hydrogens (primary N) is 1. The van der Waals surface area contributed by atoms with Crippen molar-refractivity contribution in [3.8, 4) is 0 Å². The van der Waals surface area contributed by atoms with Crippen LogP contribution in [0.15, 0.2) is 70.6 Å². The van der Waals surface area contributed by atoms with Crippen molar-refractivity contribution < 1.29 is 41.1 Å². The Balaban J connectivity index is 0.000000646. The molecule has 0 unspecified atom stereocenters. The average molecular weight is 639 g/mol. The Kier molecular flexibility index (Phi) is 9.87. The number of primary amides is 1. The van der Waals surface area contributed by atoms with Gasteiger partial charge in [0.2, 0.25) is 9.84 Å². The first-order valence-electron chi connectivity index (χ1n) is 12.4. The summed E-state index contributed by atoms with van der Waals surface area (Å²) in [6, 6.07) is 15.0. The topological polar surface area (TPSA) is 164 Å². The van der Waals surface area contributed by atoms with E-state index in [9.17, 15) is 31.2 Å². The number of nitrogens with zero attached hydrogens (tertiary/aromatic N) is 2. The van der Waals surface area contributed by atoms with Gasteiger partial charge in [0, 0.05) is 35.8 Å². The number of carbonyl (C=O) groups excluding carboxylic acids is 2. The van der Waals surface area contributed by atoms with Gasteiger partial charge >= 0.3 is 12.1 Å². The molecule has 4 rings (SSSR count). The number of carbonyl (C=O) groups is 3. The van der Waals surface area contributed by atoms with E-state index >= 15 is 0 Å². The summed E-state index contributed by atoms with van der Waals surface area (Å²) in [7, 11) is -2.57. The number of H-pyrrole nitrogens is 1. The van der Waals surface area contributed by atoms with Crippen LogP contribution in [-0.2, 0) is 21.2 Å². The van der Waals surface area contributed by atoms with Gasteiger partial charge in [-0.2, -0.15) is 13.2 Å². The van der Waals surface area contributed by atoms with Gasteiger partial charge in [-0.15, -0.1) is 0 Å². The Labute approximate surface area is 249 Å². The van der Waals surface area contributed by atoms with Gasteiger partial charge in [0.1, 0.15) is 16.3 Å². The van der Waals surface area contributed by atoms with Gasteiger partial charge in [-0.25, -0.2) is 13.2 Å². The van der Waals surface area contributed by atoms with Crippen molar-refractivity contribution >= 4 is 50.1 Å². The van der Waals surface area contributed by atoms with Crippen molar-refractivity contribution in [1.82, 2.24) is 14.9 Å². The molecule has 15 heteroatoms. The Morgan fingerprint density at radius 3 is 2.21 bits per heavy atom. The number of nitrogens with one attached hydrogen (secondary N) is 1. The Morgan fingerprint density at radius 1 is 1.07 bits per heavy atom. The highest BCUT2D eigenvalue weighted by atomic mass is 35.5. The first-order chi connectivity index (χ1) is 20.0. The molecule has 4 aromatic rings. The summed E-state index contributed by atoms with van der Waals surface area (Å²) in [4.78, 5) is 42.9. The number of carboxylic acid groups (broad SMARTS) is 1. The van der Waals surface area contributed by atoms with Crippen LogP contribution >= 0.6 is 11.6 Å². The number of aromatic nitrogens is 2. The van der Waals surface area contributed by atoms with Crippen LogP contribution in [0.2, 0.25) is 5.02 Å². The normalized spacial score (nSPS) is 11.6. The second-order valence-electron chi connectivity index (χ2n) is 9.56. The van der Waals surface area contributed by atoms with Crippen molar-refractivity contribution in [1.29, 1.82) is 0 Å². The fourth-order valence-electron chi connectivity index (χ4n) is 4.17. The molecule has 0 atom stereocenters. The van der Waals surface area contributed by atoms with Crippen molar-refractivity contribution in [3.05, 3.63) is 88.3 Å². The fourth-order valence-corrected chi connectivity index (χ4v) is 6.18. The molecular formula is C28H26ClF3N4O6S. The molecule has 0 radical (unpaired) electrons. The number of sulfone groups is 1. The Morgan fingerprint density at radius 2 is 1.67 bits per heavy atom. The van der Waals surface area contributed by atoms with Crippen molar-refractivity contribution in [2.45, 2.75) is 42.3 Å². The molecule has 0 aliphatic heterocycles. The van der Waals surface area contributed by atoms with Crippen LogP contribution in [0.25, 0.3) is 10.9 Å². The maximum absolute atomic E-state index is 13.6. The zero-order chi connectivity index (χ0) is 32.3. The minimum absolute atomic E-state index is 0.00249. The molecule has 0 aliphatic carbocycles. The molecule has 0 aliphatic rings. The first kappa shape index (κ1) is 33.1. The number of hydrogen-bond acceptors (Lipinski definition) is 6. The lowest BCUT2D eigenvalue weighted by atomic mass is 10.0. The fraction of sp³-hybridized carbons (Fsp3) is 0.214. The molecule has 10 nitrogen and oxygen atoms in total. The van der Waals surface area contributed by atoms with E-state index in [1.54, 1.807) is 51.4 Å². The van der Waals surface area contributed by atoms with Crippen molar-refractivity contribution in [3.63, 3.8) is 0 Å². The maximum atomic E-state index is 13.6. The summed E-state index contributed by atoms with van der Waals surface area (Å²) >= 11 is 6.45. The van der Waals surface area contributed by atoms with Gasteiger partial charge in [-0.05, 0) is 41.8 Å². The third-order valence-electron chi connectivity index (χ3n) is 6.12. The molecular weight excluding hydrogens is 613 g/mol. The van der Waals surface area contributed by atoms with E-state index in [1.807, 2.05) is 18.2 Å². The SMILES string of the molecule is CC(C)c1c(C(=O)N(C)Cc2cc3cccnc3cc2Cl)[nH]c(C(N)=O)c1S(=O)(=O)c1ccccc1.O=C(O)C(F)(F)F. The van der Waals surface area contributed by atoms with Gasteiger partial charge in [-0.3, -0.25) is 14.6 Å². The molecule has 0 bridgehead atoms. The van der Waals surface area contributed by atoms with Crippen molar-refractivity contribution in [2.75, 3.05) is 7.05 Å². The van der Waals surface area contributed by atoms with E-state index in [-0.39, 0.29) is 33.3 Å². The van der Waals surface area contributed by atoms with Crippen molar-refractivity contribution in [2.24, 2.45) is 5.73 Å². The van der Waals surface area contributed by atoms with Crippen LogP contribution in [0.5, 0.6) is 0 Å². The Bertz CT molecular complexity index is 1790. The smallest absolute Gasteiger partial charge is 0.475 e. The van der Waals surface area contributed by atoms with Gasteiger partial charge in [0.15, 0.2) is 0 Å². The minimum Gasteiger partial charge on any atom is -0.475 e. The summed E-state index contributed by atoms with van der Waals surface area (Å²) in [5.74, 6) is -4.64. The summed E-state index contributed by atoms with van der Waals surface area (Å²) in [5, 5.41) is 8.44. The highest BCUT2D eigenvalue weighted by Crippen LogP contribution is 2.35. The number of amides is 2. The minimum atomic E-state index is -5.08. The van der Waals surface area contributed by atoms with Crippen LogP contribution < -0.4 is 5.73 Å². The van der Waals surface area contributed by atoms with Crippen LogP contribution in [-0.4, -0.2) is 59.4 Å². The molecule has 228 valence electrons. The number of benzene rings is 2.